The van der Waals surface area contributed by atoms with E-state index in [1.165, 1.54) is 0 Å². The highest BCUT2D eigenvalue weighted by Gasteiger charge is 2.03. The number of nitrogens with two attached hydrogens (primary N) is 1. The fourth-order valence-corrected chi connectivity index (χ4v) is 1.33. The number of aryl methyl sites for hydroxylation is 1. The monoisotopic (exact) mass is 179 g/mol. The summed E-state index contributed by atoms with van der Waals surface area (Å²) >= 11 is 0. The SMILES string of the molecule is CCN(CC)c1cnc(N)c(C)c1. The lowest BCUT2D eigenvalue weighted by molar-refractivity contribution is 0.862. The molecule has 0 aromatic carbocycles. The molecule has 1 rings (SSSR count). The first kappa shape index (κ1) is 9.84. The van der Waals surface area contributed by atoms with Gasteiger partial charge in [0.05, 0.1) is 11.9 Å². The fraction of sp³-hybridized carbons (Fsp3) is 0.500. The van der Waals surface area contributed by atoms with Crippen LogP contribution in [-0.2, 0) is 0 Å². The molecule has 0 saturated heterocycles. The van der Waals surface area contributed by atoms with Crippen LogP contribution in [0.3, 0.4) is 0 Å². The van der Waals surface area contributed by atoms with Crippen molar-refractivity contribution < 1.29 is 0 Å². The average Bonchev–Trinajstić information content (AvgIpc) is 2.13. The molecule has 0 saturated carbocycles. The van der Waals surface area contributed by atoms with Crippen LogP contribution in [0.15, 0.2) is 12.3 Å². The van der Waals surface area contributed by atoms with Gasteiger partial charge < -0.3 is 10.6 Å². The maximum atomic E-state index is 5.64. The second-order valence-electron chi connectivity index (χ2n) is 3.07. The largest absolute Gasteiger partial charge is 0.383 e. The van der Waals surface area contributed by atoms with Gasteiger partial charge in [0.1, 0.15) is 5.82 Å². The molecule has 1 aromatic heterocycles. The molecule has 13 heavy (non-hydrogen) atoms. The second-order valence-corrected chi connectivity index (χ2v) is 3.07. The Morgan fingerprint density at radius 1 is 1.38 bits per heavy atom. The molecule has 1 aromatic rings. The number of pyridine rings is 1. The van der Waals surface area contributed by atoms with E-state index in [0.29, 0.717) is 5.82 Å². The molecule has 0 aliphatic heterocycles. The van der Waals surface area contributed by atoms with E-state index in [0.717, 1.165) is 24.3 Å². The molecule has 0 atom stereocenters. The summed E-state index contributed by atoms with van der Waals surface area (Å²) in [5, 5.41) is 0. The molecule has 0 amide bonds. The number of aromatic nitrogens is 1. The minimum Gasteiger partial charge on any atom is -0.383 e. The predicted octanol–water partition coefficient (Wildman–Crippen LogP) is 1.82. The van der Waals surface area contributed by atoms with Crippen molar-refractivity contribution in [3.8, 4) is 0 Å². The summed E-state index contributed by atoms with van der Waals surface area (Å²) in [4.78, 5) is 6.38. The van der Waals surface area contributed by atoms with Gasteiger partial charge in [-0.3, -0.25) is 0 Å². The summed E-state index contributed by atoms with van der Waals surface area (Å²) in [7, 11) is 0. The van der Waals surface area contributed by atoms with E-state index >= 15 is 0 Å². The third kappa shape index (κ3) is 2.11. The van der Waals surface area contributed by atoms with E-state index in [-0.39, 0.29) is 0 Å². The van der Waals surface area contributed by atoms with Crippen LogP contribution in [0.5, 0.6) is 0 Å². The van der Waals surface area contributed by atoms with Crippen molar-refractivity contribution in [2.45, 2.75) is 20.8 Å². The van der Waals surface area contributed by atoms with Gasteiger partial charge in [-0.15, -0.1) is 0 Å². The first-order valence-electron chi connectivity index (χ1n) is 4.66. The molecule has 72 valence electrons. The first-order valence-corrected chi connectivity index (χ1v) is 4.66. The quantitative estimate of drug-likeness (QED) is 0.769. The van der Waals surface area contributed by atoms with Crippen molar-refractivity contribution in [1.29, 1.82) is 0 Å². The third-order valence-electron chi connectivity index (χ3n) is 2.23. The zero-order chi connectivity index (χ0) is 9.84. The number of anilines is 2. The summed E-state index contributed by atoms with van der Waals surface area (Å²) in [5.74, 6) is 0.621. The van der Waals surface area contributed by atoms with E-state index in [4.69, 9.17) is 5.73 Å². The molecule has 3 heteroatoms. The van der Waals surface area contributed by atoms with Crippen LogP contribution in [0.1, 0.15) is 19.4 Å². The van der Waals surface area contributed by atoms with Crippen LogP contribution >= 0.6 is 0 Å². The van der Waals surface area contributed by atoms with Crippen LogP contribution in [0.2, 0.25) is 0 Å². The van der Waals surface area contributed by atoms with Crippen molar-refractivity contribution in [2.75, 3.05) is 23.7 Å². The minimum atomic E-state index is 0.621. The van der Waals surface area contributed by atoms with Crippen LogP contribution < -0.4 is 10.6 Å². The Balaban J connectivity index is 2.95. The van der Waals surface area contributed by atoms with Gasteiger partial charge in [0.2, 0.25) is 0 Å². The van der Waals surface area contributed by atoms with Gasteiger partial charge in [-0.2, -0.15) is 0 Å². The number of nitrogen functional groups attached to an aromatic ring is 1. The van der Waals surface area contributed by atoms with Crippen LogP contribution in [-0.4, -0.2) is 18.1 Å². The molecular formula is C10H17N3. The number of hydrogen-bond donors (Lipinski definition) is 1. The van der Waals surface area contributed by atoms with E-state index in [2.05, 4.69) is 29.8 Å². The van der Waals surface area contributed by atoms with Crippen molar-refractivity contribution in [2.24, 2.45) is 0 Å². The molecule has 1 heterocycles. The standard InChI is InChI=1S/C10H17N3/c1-4-13(5-2)9-6-8(3)10(11)12-7-9/h6-7H,4-5H2,1-3H3,(H2,11,12). The van der Waals surface area contributed by atoms with Gasteiger partial charge in [0.15, 0.2) is 0 Å². The summed E-state index contributed by atoms with van der Waals surface area (Å²) < 4.78 is 0. The van der Waals surface area contributed by atoms with Crippen LogP contribution in [0.25, 0.3) is 0 Å². The molecule has 0 radical (unpaired) electrons. The minimum absolute atomic E-state index is 0.621. The normalized spacial score (nSPS) is 10.1. The van der Waals surface area contributed by atoms with E-state index in [9.17, 15) is 0 Å². The molecule has 0 aliphatic rings. The van der Waals surface area contributed by atoms with E-state index in [1.54, 1.807) is 0 Å². The Labute approximate surface area is 79.6 Å². The summed E-state index contributed by atoms with van der Waals surface area (Å²) in [6.07, 6.45) is 1.83. The zero-order valence-corrected chi connectivity index (χ0v) is 8.54. The average molecular weight is 179 g/mol. The Hall–Kier alpha value is -1.25. The van der Waals surface area contributed by atoms with Crippen molar-refractivity contribution in [3.05, 3.63) is 17.8 Å². The summed E-state index contributed by atoms with van der Waals surface area (Å²) in [6, 6.07) is 2.08. The van der Waals surface area contributed by atoms with Gasteiger partial charge in [-0.25, -0.2) is 4.98 Å². The Bertz CT molecular complexity index is 279. The third-order valence-corrected chi connectivity index (χ3v) is 2.23. The zero-order valence-electron chi connectivity index (χ0n) is 8.54. The molecule has 3 nitrogen and oxygen atoms in total. The lowest BCUT2D eigenvalue weighted by Gasteiger charge is -2.21. The topological polar surface area (TPSA) is 42.2 Å². The van der Waals surface area contributed by atoms with Gasteiger partial charge in [-0.1, -0.05) is 0 Å². The molecular weight excluding hydrogens is 162 g/mol. The highest BCUT2D eigenvalue weighted by atomic mass is 15.1. The fourth-order valence-electron chi connectivity index (χ4n) is 1.33. The maximum Gasteiger partial charge on any atom is 0.126 e. The first-order chi connectivity index (χ1) is 6.19. The number of rotatable bonds is 3. The van der Waals surface area contributed by atoms with Crippen molar-refractivity contribution in [3.63, 3.8) is 0 Å². The molecule has 0 spiro atoms. The smallest absolute Gasteiger partial charge is 0.126 e. The molecule has 0 fully saturated rings. The molecule has 0 unspecified atom stereocenters. The Morgan fingerprint density at radius 2 is 2.00 bits per heavy atom. The Morgan fingerprint density at radius 3 is 2.46 bits per heavy atom. The predicted molar refractivity (Wildman–Crippen MR) is 56.9 cm³/mol. The Kier molecular flexibility index (Phi) is 3.12. The molecule has 2 N–H and O–H groups in total. The molecule has 0 aliphatic carbocycles. The molecule has 0 bridgehead atoms. The highest BCUT2D eigenvalue weighted by Crippen LogP contribution is 2.17. The number of nitrogens with zero attached hydrogens (tertiary/aromatic N) is 2. The van der Waals surface area contributed by atoms with Gasteiger partial charge in [0.25, 0.3) is 0 Å². The summed E-state index contributed by atoms with van der Waals surface area (Å²) in [6.45, 7) is 8.25. The van der Waals surface area contributed by atoms with E-state index in [1.807, 2.05) is 13.1 Å². The van der Waals surface area contributed by atoms with Crippen LogP contribution in [0, 0.1) is 6.92 Å². The highest BCUT2D eigenvalue weighted by molar-refractivity contribution is 5.52. The second kappa shape index (κ2) is 4.12. The lowest BCUT2D eigenvalue weighted by atomic mass is 10.2. The van der Waals surface area contributed by atoms with E-state index < -0.39 is 0 Å². The number of hydrogen-bond acceptors (Lipinski definition) is 3. The van der Waals surface area contributed by atoms with Crippen molar-refractivity contribution >= 4 is 11.5 Å². The van der Waals surface area contributed by atoms with Crippen molar-refractivity contribution in [1.82, 2.24) is 4.98 Å². The van der Waals surface area contributed by atoms with Gasteiger partial charge >= 0.3 is 0 Å². The maximum absolute atomic E-state index is 5.64. The van der Waals surface area contributed by atoms with Gasteiger partial charge in [-0.05, 0) is 32.4 Å². The summed E-state index contributed by atoms with van der Waals surface area (Å²) in [5.41, 5.74) is 7.84. The lowest BCUT2D eigenvalue weighted by Crippen LogP contribution is -2.22. The van der Waals surface area contributed by atoms with Gasteiger partial charge in [0, 0.05) is 13.1 Å². The van der Waals surface area contributed by atoms with Crippen LogP contribution in [0.4, 0.5) is 11.5 Å².